The summed E-state index contributed by atoms with van der Waals surface area (Å²) in [6, 6.07) is 4.78. The molecule has 0 atom stereocenters. The van der Waals surface area contributed by atoms with Crippen molar-refractivity contribution in [1.82, 2.24) is 0 Å². The number of rotatable bonds is 4. The largest absolute Gasteiger partial charge is 0.490 e. The molecule has 0 amide bonds. The predicted octanol–water partition coefficient (Wildman–Crippen LogP) is 3.58. The summed E-state index contributed by atoms with van der Waals surface area (Å²) in [5.41, 5.74) is -0.0316. The lowest BCUT2D eigenvalue weighted by molar-refractivity contribution is 0.00246. The van der Waals surface area contributed by atoms with Crippen LogP contribution in [-0.4, -0.2) is 25.6 Å². The van der Waals surface area contributed by atoms with Crippen molar-refractivity contribution in [3.8, 4) is 5.75 Å². The summed E-state index contributed by atoms with van der Waals surface area (Å²) in [4.78, 5) is 0. The Balaban J connectivity index is 2.03. The molecule has 0 spiro atoms. The van der Waals surface area contributed by atoms with Gasteiger partial charge < -0.3 is 9.47 Å². The number of halogens is 2. The first-order valence-corrected chi connectivity index (χ1v) is 6.93. The summed E-state index contributed by atoms with van der Waals surface area (Å²) in [6.07, 6.45) is 1.78. The summed E-state index contributed by atoms with van der Waals surface area (Å²) in [6.45, 7) is 1.86. The zero-order valence-electron chi connectivity index (χ0n) is 9.99. The molecule has 0 aromatic heterocycles. The van der Waals surface area contributed by atoms with Crippen LogP contribution in [0.25, 0.3) is 0 Å². The highest BCUT2D eigenvalue weighted by atomic mass is 35.5. The van der Waals surface area contributed by atoms with Gasteiger partial charge in [0.2, 0.25) is 0 Å². The number of benzene rings is 1. The lowest BCUT2D eigenvalue weighted by Gasteiger charge is -2.35. The van der Waals surface area contributed by atoms with E-state index in [1.54, 1.807) is 12.1 Å². The van der Waals surface area contributed by atoms with Crippen LogP contribution in [0.1, 0.15) is 12.8 Å². The Morgan fingerprint density at radius 1 is 1.39 bits per heavy atom. The highest BCUT2D eigenvalue weighted by Crippen LogP contribution is 2.33. The molecular weight excluding hydrogens is 275 g/mol. The highest BCUT2D eigenvalue weighted by molar-refractivity contribution is 7.80. The quantitative estimate of drug-likeness (QED) is 0.855. The van der Waals surface area contributed by atoms with Crippen LogP contribution in [0.3, 0.4) is 0 Å². The second-order valence-electron chi connectivity index (χ2n) is 4.61. The van der Waals surface area contributed by atoms with E-state index in [4.69, 9.17) is 21.1 Å². The fourth-order valence-corrected chi connectivity index (χ4v) is 2.55. The summed E-state index contributed by atoms with van der Waals surface area (Å²) >= 11 is 10.1. The van der Waals surface area contributed by atoms with E-state index in [1.807, 2.05) is 0 Å². The van der Waals surface area contributed by atoms with Crippen LogP contribution < -0.4 is 4.74 Å². The number of hydrogen-bond donors (Lipinski definition) is 1. The molecular formula is C13H16ClFO2S. The van der Waals surface area contributed by atoms with Gasteiger partial charge in [0.15, 0.2) is 11.6 Å². The molecule has 0 aliphatic carbocycles. The van der Waals surface area contributed by atoms with Crippen molar-refractivity contribution in [2.45, 2.75) is 12.8 Å². The highest BCUT2D eigenvalue weighted by Gasteiger charge is 2.32. The molecule has 0 saturated carbocycles. The third-order valence-electron chi connectivity index (χ3n) is 3.34. The molecule has 0 N–H and O–H groups in total. The third-order valence-corrected chi connectivity index (χ3v) is 4.30. The Morgan fingerprint density at radius 2 is 2.11 bits per heavy atom. The van der Waals surface area contributed by atoms with Gasteiger partial charge in [-0.2, -0.15) is 12.6 Å². The van der Waals surface area contributed by atoms with E-state index >= 15 is 0 Å². The minimum absolute atomic E-state index is 0.0316. The van der Waals surface area contributed by atoms with Crippen molar-refractivity contribution in [3.63, 3.8) is 0 Å². The van der Waals surface area contributed by atoms with Gasteiger partial charge in [-0.05, 0) is 30.7 Å². The fourth-order valence-electron chi connectivity index (χ4n) is 1.98. The molecule has 2 rings (SSSR count). The molecule has 1 aliphatic heterocycles. The van der Waals surface area contributed by atoms with Crippen LogP contribution in [0.15, 0.2) is 18.2 Å². The monoisotopic (exact) mass is 290 g/mol. The van der Waals surface area contributed by atoms with Crippen LogP contribution in [0, 0.1) is 11.2 Å². The van der Waals surface area contributed by atoms with Gasteiger partial charge in [-0.25, -0.2) is 4.39 Å². The van der Waals surface area contributed by atoms with E-state index in [9.17, 15) is 4.39 Å². The van der Waals surface area contributed by atoms with Gasteiger partial charge in [-0.3, -0.25) is 0 Å². The maximum absolute atomic E-state index is 13.7. The zero-order chi connectivity index (χ0) is 13.0. The molecule has 1 fully saturated rings. The van der Waals surface area contributed by atoms with Crippen LogP contribution in [0.5, 0.6) is 5.75 Å². The lowest BCUT2D eigenvalue weighted by Crippen LogP contribution is -2.37. The standard InChI is InChI=1S/C13H16ClFO2S/c14-10-2-1-3-11(12(10)15)17-8-13(9-18)4-6-16-7-5-13/h1-3,18H,4-9H2. The molecule has 1 heterocycles. The number of thiol groups is 1. The van der Waals surface area contributed by atoms with E-state index in [0.29, 0.717) is 25.6 Å². The number of hydrogen-bond acceptors (Lipinski definition) is 3. The molecule has 1 aromatic rings. The minimum atomic E-state index is -0.499. The van der Waals surface area contributed by atoms with Crippen molar-refractivity contribution in [2.75, 3.05) is 25.6 Å². The number of ether oxygens (including phenoxy) is 2. The maximum atomic E-state index is 13.7. The molecule has 2 nitrogen and oxygen atoms in total. The van der Waals surface area contributed by atoms with Gasteiger partial charge >= 0.3 is 0 Å². The molecule has 18 heavy (non-hydrogen) atoms. The van der Waals surface area contributed by atoms with Gasteiger partial charge in [0.05, 0.1) is 11.6 Å². The first-order chi connectivity index (χ1) is 8.67. The lowest BCUT2D eigenvalue weighted by atomic mass is 9.83. The molecule has 0 radical (unpaired) electrons. The van der Waals surface area contributed by atoms with Crippen molar-refractivity contribution in [2.24, 2.45) is 5.41 Å². The normalized spacial score (nSPS) is 18.6. The van der Waals surface area contributed by atoms with Crippen LogP contribution in [0.2, 0.25) is 5.02 Å². The van der Waals surface area contributed by atoms with Crippen LogP contribution in [0.4, 0.5) is 4.39 Å². The van der Waals surface area contributed by atoms with Crippen molar-refractivity contribution in [1.29, 1.82) is 0 Å². The van der Waals surface area contributed by atoms with E-state index < -0.39 is 5.82 Å². The Labute approximate surface area is 117 Å². The van der Waals surface area contributed by atoms with E-state index in [1.165, 1.54) is 6.07 Å². The molecule has 1 saturated heterocycles. The van der Waals surface area contributed by atoms with E-state index in [-0.39, 0.29) is 16.2 Å². The van der Waals surface area contributed by atoms with Gasteiger partial charge in [0, 0.05) is 18.6 Å². The first-order valence-electron chi connectivity index (χ1n) is 5.92. The van der Waals surface area contributed by atoms with Crippen molar-refractivity contribution < 1.29 is 13.9 Å². The topological polar surface area (TPSA) is 18.5 Å². The molecule has 0 unspecified atom stereocenters. The second kappa shape index (κ2) is 6.13. The average molecular weight is 291 g/mol. The van der Waals surface area contributed by atoms with E-state index in [0.717, 1.165) is 12.8 Å². The molecule has 0 bridgehead atoms. The molecule has 100 valence electrons. The summed E-state index contributed by atoms with van der Waals surface area (Å²) < 4.78 is 24.6. The molecule has 5 heteroatoms. The smallest absolute Gasteiger partial charge is 0.183 e. The summed E-state index contributed by atoms with van der Waals surface area (Å²) in [7, 11) is 0. The summed E-state index contributed by atoms with van der Waals surface area (Å²) in [5.74, 6) is 0.411. The predicted molar refractivity (Wildman–Crippen MR) is 73.2 cm³/mol. The fraction of sp³-hybridized carbons (Fsp3) is 0.538. The van der Waals surface area contributed by atoms with Crippen molar-refractivity contribution >= 4 is 24.2 Å². The Hall–Kier alpha value is -0.450. The maximum Gasteiger partial charge on any atom is 0.183 e. The van der Waals surface area contributed by atoms with Gasteiger partial charge in [-0.1, -0.05) is 17.7 Å². The van der Waals surface area contributed by atoms with E-state index in [2.05, 4.69) is 12.6 Å². The average Bonchev–Trinajstić information content (AvgIpc) is 2.41. The van der Waals surface area contributed by atoms with Crippen molar-refractivity contribution in [3.05, 3.63) is 29.0 Å². The SMILES string of the molecule is Fc1c(Cl)cccc1OCC1(CS)CCOCC1. The Morgan fingerprint density at radius 3 is 2.78 bits per heavy atom. The van der Waals surface area contributed by atoms with Gasteiger partial charge in [0.1, 0.15) is 0 Å². The Kier molecular flexibility index (Phi) is 4.76. The first kappa shape index (κ1) is 14.0. The van der Waals surface area contributed by atoms with Gasteiger partial charge in [0.25, 0.3) is 0 Å². The minimum Gasteiger partial charge on any atom is -0.490 e. The van der Waals surface area contributed by atoms with Crippen LogP contribution >= 0.6 is 24.2 Å². The third kappa shape index (κ3) is 3.11. The summed E-state index contributed by atoms with van der Waals surface area (Å²) in [5, 5.41) is 0.0828. The zero-order valence-corrected chi connectivity index (χ0v) is 11.6. The molecule has 1 aromatic carbocycles. The van der Waals surface area contributed by atoms with Crippen LogP contribution in [-0.2, 0) is 4.74 Å². The van der Waals surface area contributed by atoms with Gasteiger partial charge in [-0.15, -0.1) is 0 Å². The second-order valence-corrected chi connectivity index (χ2v) is 5.33. The molecule has 1 aliphatic rings. The Bertz CT molecular complexity index is 408.